The smallest absolute Gasteiger partial charge is 0.222 e. The van der Waals surface area contributed by atoms with Crippen LogP contribution in [-0.2, 0) is 4.79 Å². The molecule has 2 aliphatic heterocycles. The summed E-state index contributed by atoms with van der Waals surface area (Å²) in [4.78, 5) is 14.0. The van der Waals surface area contributed by atoms with Crippen LogP contribution in [0.2, 0.25) is 0 Å². The molecule has 0 aromatic heterocycles. The summed E-state index contributed by atoms with van der Waals surface area (Å²) in [5.41, 5.74) is 0. The first kappa shape index (κ1) is 13.8. The maximum Gasteiger partial charge on any atom is 0.222 e. The minimum Gasteiger partial charge on any atom is -0.355 e. The molecule has 0 saturated carbocycles. The quantitative estimate of drug-likeness (QED) is 0.718. The molecule has 0 aromatic carbocycles. The number of piperidine rings is 1. The molecule has 2 saturated heterocycles. The van der Waals surface area contributed by atoms with Crippen LogP contribution >= 0.6 is 0 Å². The second kappa shape index (κ2) is 6.53. The van der Waals surface area contributed by atoms with Crippen LogP contribution in [0, 0.1) is 5.92 Å². The fraction of sp³-hybridized carbons (Fsp3) is 0.929. The van der Waals surface area contributed by atoms with Gasteiger partial charge in [0, 0.05) is 31.1 Å². The van der Waals surface area contributed by atoms with E-state index < -0.39 is 0 Å². The molecule has 0 bridgehead atoms. The second-order valence-electron chi connectivity index (χ2n) is 5.95. The number of rotatable bonds is 5. The molecular weight excluding hydrogens is 226 g/mol. The van der Waals surface area contributed by atoms with E-state index in [1.165, 1.54) is 38.8 Å². The van der Waals surface area contributed by atoms with Gasteiger partial charge in [0.2, 0.25) is 5.91 Å². The Morgan fingerprint density at radius 1 is 1.28 bits per heavy atom. The van der Waals surface area contributed by atoms with Gasteiger partial charge in [-0.25, -0.2) is 0 Å². The number of hydrogen-bond acceptors (Lipinski definition) is 3. The summed E-state index contributed by atoms with van der Waals surface area (Å²) in [6, 6.07) is 1.47. The van der Waals surface area contributed by atoms with Gasteiger partial charge in [-0.2, -0.15) is 0 Å². The minimum atomic E-state index is 0.0896. The summed E-state index contributed by atoms with van der Waals surface area (Å²) in [6.45, 7) is 8.07. The number of nitrogens with zero attached hydrogens (tertiary/aromatic N) is 1. The Bertz CT molecular complexity index is 280. The van der Waals surface area contributed by atoms with Gasteiger partial charge in [0.05, 0.1) is 0 Å². The van der Waals surface area contributed by atoms with E-state index in [2.05, 4.69) is 15.5 Å². The maximum absolute atomic E-state index is 11.4. The van der Waals surface area contributed by atoms with Crippen LogP contribution in [0.4, 0.5) is 0 Å². The largest absolute Gasteiger partial charge is 0.355 e. The Balaban J connectivity index is 1.58. The van der Waals surface area contributed by atoms with Crippen molar-refractivity contribution in [3.63, 3.8) is 0 Å². The molecule has 0 spiro atoms. The fourth-order valence-electron chi connectivity index (χ4n) is 3.08. The van der Waals surface area contributed by atoms with Gasteiger partial charge in [0.15, 0.2) is 0 Å². The summed E-state index contributed by atoms with van der Waals surface area (Å²) in [5.74, 6) is 0.245. The molecule has 0 aliphatic carbocycles. The Kier molecular flexibility index (Phi) is 5.01. The van der Waals surface area contributed by atoms with E-state index in [4.69, 9.17) is 0 Å². The zero-order chi connectivity index (χ0) is 13.0. The van der Waals surface area contributed by atoms with E-state index in [0.717, 1.165) is 19.1 Å². The molecule has 2 heterocycles. The lowest BCUT2D eigenvalue weighted by molar-refractivity contribution is -0.123. The Morgan fingerprint density at radius 3 is 2.89 bits per heavy atom. The van der Waals surface area contributed by atoms with Crippen LogP contribution in [0.1, 0.15) is 39.5 Å². The molecule has 104 valence electrons. The third-order valence-corrected chi connectivity index (χ3v) is 4.20. The van der Waals surface area contributed by atoms with Crippen molar-refractivity contribution in [2.24, 2.45) is 5.92 Å². The summed E-state index contributed by atoms with van der Waals surface area (Å²) in [5, 5.41) is 6.54. The molecule has 2 N–H and O–H groups in total. The van der Waals surface area contributed by atoms with Crippen LogP contribution in [-0.4, -0.2) is 49.1 Å². The van der Waals surface area contributed by atoms with E-state index in [1.54, 1.807) is 0 Å². The first-order valence-electron chi connectivity index (χ1n) is 7.42. The third-order valence-electron chi connectivity index (χ3n) is 4.20. The Hall–Kier alpha value is -0.610. The van der Waals surface area contributed by atoms with Gasteiger partial charge in [0.25, 0.3) is 0 Å². The molecule has 2 unspecified atom stereocenters. The average Bonchev–Trinajstić information content (AvgIpc) is 2.81. The topological polar surface area (TPSA) is 44.4 Å². The van der Waals surface area contributed by atoms with Gasteiger partial charge < -0.3 is 15.5 Å². The van der Waals surface area contributed by atoms with E-state index in [1.807, 2.05) is 13.8 Å². The second-order valence-corrected chi connectivity index (χ2v) is 5.95. The van der Waals surface area contributed by atoms with Crippen molar-refractivity contribution >= 4 is 5.91 Å². The van der Waals surface area contributed by atoms with Crippen molar-refractivity contribution in [2.45, 2.75) is 51.6 Å². The van der Waals surface area contributed by atoms with E-state index in [-0.39, 0.29) is 11.8 Å². The van der Waals surface area contributed by atoms with Crippen molar-refractivity contribution in [1.29, 1.82) is 0 Å². The lowest BCUT2D eigenvalue weighted by Gasteiger charge is -2.35. The molecule has 0 aromatic rings. The van der Waals surface area contributed by atoms with Crippen molar-refractivity contribution < 1.29 is 4.79 Å². The average molecular weight is 253 g/mol. The monoisotopic (exact) mass is 253 g/mol. The van der Waals surface area contributed by atoms with Gasteiger partial charge in [-0.3, -0.25) is 4.79 Å². The highest BCUT2D eigenvalue weighted by atomic mass is 16.1. The molecule has 2 aliphatic rings. The predicted molar refractivity (Wildman–Crippen MR) is 73.5 cm³/mol. The number of carbonyl (C=O) groups excluding carboxylic acids is 1. The zero-order valence-electron chi connectivity index (χ0n) is 11.7. The van der Waals surface area contributed by atoms with Crippen LogP contribution < -0.4 is 10.6 Å². The molecule has 4 heteroatoms. The lowest BCUT2D eigenvalue weighted by Crippen LogP contribution is -2.47. The highest BCUT2D eigenvalue weighted by Gasteiger charge is 2.31. The Labute approximate surface area is 110 Å². The normalized spacial score (nSPS) is 28.4. The van der Waals surface area contributed by atoms with E-state index in [0.29, 0.717) is 6.04 Å². The van der Waals surface area contributed by atoms with Crippen LogP contribution in [0.5, 0.6) is 0 Å². The number of fused-ring (bicyclic) bond motifs is 1. The van der Waals surface area contributed by atoms with Crippen molar-refractivity contribution in [3.8, 4) is 0 Å². The Morgan fingerprint density at radius 2 is 2.11 bits per heavy atom. The highest BCUT2D eigenvalue weighted by Crippen LogP contribution is 2.26. The highest BCUT2D eigenvalue weighted by molar-refractivity contribution is 5.77. The van der Waals surface area contributed by atoms with Gasteiger partial charge in [-0.15, -0.1) is 0 Å². The lowest BCUT2D eigenvalue weighted by atomic mass is 9.98. The fourth-order valence-corrected chi connectivity index (χ4v) is 3.08. The van der Waals surface area contributed by atoms with E-state index in [9.17, 15) is 4.79 Å². The van der Waals surface area contributed by atoms with Gasteiger partial charge in [-0.1, -0.05) is 13.8 Å². The molecular formula is C14H27N3O. The van der Waals surface area contributed by atoms with Crippen LogP contribution in [0.3, 0.4) is 0 Å². The molecule has 1 amide bonds. The van der Waals surface area contributed by atoms with Crippen molar-refractivity contribution in [2.75, 3.05) is 26.2 Å². The minimum absolute atomic E-state index is 0.0896. The summed E-state index contributed by atoms with van der Waals surface area (Å²) >= 11 is 0. The van der Waals surface area contributed by atoms with Gasteiger partial charge in [-0.05, 0) is 38.8 Å². The number of nitrogens with one attached hydrogen (secondary N) is 2. The van der Waals surface area contributed by atoms with Crippen LogP contribution in [0.15, 0.2) is 0 Å². The number of hydrogen-bond donors (Lipinski definition) is 2. The third kappa shape index (κ3) is 3.69. The first-order valence-corrected chi connectivity index (χ1v) is 7.42. The van der Waals surface area contributed by atoms with E-state index >= 15 is 0 Å². The van der Waals surface area contributed by atoms with Crippen molar-refractivity contribution in [3.05, 3.63) is 0 Å². The van der Waals surface area contributed by atoms with Gasteiger partial charge in [0.1, 0.15) is 0 Å². The van der Waals surface area contributed by atoms with Gasteiger partial charge >= 0.3 is 0 Å². The zero-order valence-corrected chi connectivity index (χ0v) is 11.7. The van der Waals surface area contributed by atoms with Crippen molar-refractivity contribution in [1.82, 2.24) is 15.5 Å². The maximum atomic E-state index is 11.4. The molecule has 0 radical (unpaired) electrons. The summed E-state index contributed by atoms with van der Waals surface area (Å²) in [6.07, 6.45) is 5.30. The standard InChI is InChI=1S/C14H27N3O/c1-11(2)14(18)16-7-6-15-12-5-9-17-8-3-4-13(17)10-12/h11-13,15H,3-10H2,1-2H3,(H,16,18). The predicted octanol–water partition coefficient (Wildman–Crippen LogP) is 0.975. The SMILES string of the molecule is CC(C)C(=O)NCCNC1CCN2CCCC2C1. The summed E-state index contributed by atoms with van der Waals surface area (Å²) in [7, 11) is 0. The molecule has 2 fully saturated rings. The summed E-state index contributed by atoms with van der Waals surface area (Å²) < 4.78 is 0. The molecule has 2 rings (SSSR count). The molecule has 2 atom stereocenters. The first-order chi connectivity index (χ1) is 8.66. The molecule has 18 heavy (non-hydrogen) atoms. The number of amides is 1. The molecule has 4 nitrogen and oxygen atoms in total. The van der Waals surface area contributed by atoms with Crippen LogP contribution in [0.25, 0.3) is 0 Å². The number of carbonyl (C=O) groups is 1.